The predicted molar refractivity (Wildman–Crippen MR) is 93.9 cm³/mol. The Morgan fingerprint density at radius 2 is 2.12 bits per heavy atom. The van der Waals surface area contributed by atoms with Gasteiger partial charge in [0.15, 0.2) is 0 Å². The van der Waals surface area contributed by atoms with Gasteiger partial charge in [-0.15, -0.1) is 0 Å². The van der Waals surface area contributed by atoms with Gasteiger partial charge in [0.1, 0.15) is 11.5 Å². The van der Waals surface area contributed by atoms with Crippen molar-refractivity contribution in [3.05, 3.63) is 56.7 Å². The predicted octanol–water partition coefficient (Wildman–Crippen LogP) is 0.258. The Morgan fingerprint density at radius 1 is 1.28 bits per heavy atom. The Kier molecular flexibility index (Phi) is 4.97. The summed E-state index contributed by atoms with van der Waals surface area (Å²) in [6.45, 7) is 1.27. The molecule has 25 heavy (non-hydrogen) atoms. The highest BCUT2D eigenvalue weighted by Crippen LogP contribution is 2.21. The standard InChI is InChI=1S/C17H21N5O3/c1-21-16(24)9-8-14(20-21)22-10-3-2-5-12(22)11-18-17(25)13-6-4-7-15(23)19-13/h4,6-9,12H,2-3,5,10-11H2,1H3,(H,18,25)(H,19,23). The molecule has 1 fully saturated rings. The third-order valence-electron chi connectivity index (χ3n) is 4.38. The van der Waals surface area contributed by atoms with Gasteiger partial charge in [-0.3, -0.25) is 14.4 Å². The first-order valence-electron chi connectivity index (χ1n) is 8.33. The molecule has 8 nitrogen and oxygen atoms in total. The molecule has 2 aromatic rings. The monoisotopic (exact) mass is 343 g/mol. The van der Waals surface area contributed by atoms with Gasteiger partial charge in [0.2, 0.25) is 5.56 Å². The Hall–Kier alpha value is -2.90. The van der Waals surface area contributed by atoms with Gasteiger partial charge in [-0.2, -0.15) is 5.10 Å². The second-order valence-corrected chi connectivity index (χ2v) is 6.14. The minimum Gasteiger partial charge on any atom is -0.350 e. The van der Waals surface area contributed by atoms with Crippen molar-refractivity contribution in [3.8, 4) is 0 Å². The number of piperidine rings is 1. The van der Waals surface area contributed by atoms with Crippen LogP contribution in [0.1, 0.15) is 29.8 Å². The van der Waals surface area contributed by atoms with Crippen molar-refractivity contribution in [2.45, 2.75) is 25.3 Å². The van der Waals surface area contributed by atoms with Crippen molar-refractivity contribution in [1.82, 2.24) is 20.1 Å². The Bertz CT molecular complexity index is 873. The number of anilines is 1. The van der Waals surface area contributed by atoms with Crippen LogP contribution in [0.3, 0.4) is 0 Å². The molecule has 2 N–H and O–H groups in total. The molecule has 1 unspecified atom stereocenters. The zero-order valence-electron chi connectivity index (χ0n) is 14.1. The van der Waals surface area contributed by atoms with Crippen molar-refractivity contribution in [1.29, 1.82) is 0 Å². The van der Waals surface area contributed by atoms with Crippen LogP contribution in [0.2, 0.25) is 0 Å². The second-order valence-electron chi connectivity index (χ2n) is 6.14. The molecule has 0 saturated carbocycles. The van der Waals surface area contributed by atoms with Crippen molar-refractivity contribution in [2.24, 2.45) is 7.05 Å². The number of amides is 1. The summed E-state index contributed by atoms with van der Waals surface area (Å²) in [6.07, 6.45) is 3.04. The minimum absolute atomic E-state index is 0.0955. The van der Waals surface area contributed by atoms with E-state index in [2.05, 4.69) is 20.3 Å². The first-order chi connectivity index (χ1) is 12.0. The number of nitrogens with zero attached hydrogens (tertiary/aromatic N) is 3. The van der Waals surface area contributed by atoms with E-state index in [4.69, 9.17) is 0 Å². The molecule has 0 spiro atoms. The van der Waals surface area contributed by atoms with E-state index in [1.165, 1.54) is 16.8 Å². The summed E-state index contributed by atoms with van der Waals surface area (Å²) < 4.78 is 1.31. The first kappa shape index (κ1) is 16.9. The van der Waals surface area contributed by atoms with E-state index in [1.807, 2.05) is 0 Å². The van der Waals surface area contributed by atoms with Crippen LogP contribution in [0, 0.1) is 0 Å². The summed E-state index contributed by atoms with van der Waals surface area (Å²) in [5, 5.41) is 7.19. The Balaban J connectivity index is 1.71. The van der Waals surface area contributed by atoms with Crippen LogP contribution in [0.15, 0.2) is 39.9 Å². The van der Waals surface area contributed by atoms with E-state index < -0.39 is 0 Å². The van der Waals surface area contributed by atoms with Crippen LogP contribution in [0.4, 0.5) is 5.82 Å². The van der Waals surface area contributed by atoms with E-state index in [0.717, 1.165) is 31.6 Å². The van der Waals surface area contributed by atoms with Gasteiger partial charge in [-0.1, -0.05) is 6.07 Å². The number of hydrogen-bond acceptors (Lipinski definition) is 5. The molecule has 1 aliphatic heterocycles. The fourth-order valence-electron chi connectivity index (χ4n) is 3.04. The zero-order valence-corrected chi connectivity index (χ0v) is 14.1. The molecule has 0 aliphatic carbocycles. The lowest BCUT2D eigenvalue weighted by atomic mass is 10.0. The molecular weight excluding hydrogens is 322 g/mol. The highest BCUT2D eigenvalue weighted by atomic mass is 16.2. The second kappa shape index (κ2) is 7.33. The molecule has 0 bridgehead atoms. The van der Waals surface area contributed by atoms with Crippen LogP contribution in [-0.2, 0) is 7.05 Å². The lowest BCUT2D eigenvalue weighted by Gasteiger charge is -2.36. The molecule has 1 amide bonds. The number of pyridine rings is 1. The van der Waals surface area contributed by atoms with Crippen molar-refractivity contribution in [2.75, 3.05) is 18.0 Å². The summed E-state index contributed by atoms with van der Waals surface area (Å²) in [4.78, 5) is 39.7. The minimum atomic E-state index is -0.309. The fourth-order valence-corrected chi connectivity index (χ4v) is 3.04. The SMILES string of the molecule is Cn1nc(N2CCCCC2CNC(=O)c2cccc(=O)[nH]2)ccc1=O. The summed E-state index contributed by atoms with van der Waals surface area (Å²) in [5.74, 6) is 0.422. The molecule has 0 aromatic carbocycles. The first-order valence-corrected chi connectivity index (χ1v) is 8.33. The van der Waals surface area contributed by atoms with Crippen LogP contribution < -0.4 is 21.3 Å². The van der Waals surface area contributed by atoms with E-state index in [0.29, 0.717) is 6.54 Å². The fraction of sp³-hybridized carbons (Fsp3) is 0.412. The number of aryl methyl sites for hydroxylation is 1. The maximum Gasteiger partial charge on any atom is 0.267 e. The highest BCUT2D eigenvalue weighted by Gasteiger charge is 2.24. The summed E-state index contributed by atoms with van der Waals surface area (Å²) >= 11 is 0. The van der Waals surface area contributed by atoms with E-state index in [1.54, 1.807) is 25.2 Å². The maximum absolute atomic E-state index is 12.2. The third-order valence-corrected chi connectivity index (χ3v) is 4.38. The normalized spacial score (nSPS) is 17.3. The summed E-state index contributed by atoms with van der Waals surface area (Å²) in [6, 6.07) is 7.81. The van der Waals surface area contributed by atoms with Gasteiger partial charge in [0.25, 0.3) is 11.5 Å². The largest absolute Gasteiger partial charge is 0.350 e. The Morgan fingerprint density at radius 3 is 2.88 bits per heavy atom. The third kappa shape index (κ3) is 3.96. The lowest BCUT2D eigenvalue weighted by molar-refractivity contribution is 0.0944. The topological polar surface area (TPSA) is 100 Å². The number of rotatable bonds is 4. The number of hydrogen-bond donors (Lipinski definition) is 2. The quantitative estimate of drug-likeness (QED) is 0.829. The molecule has 0 radical (unpaired) electrons. The van der Waals surface area contributed by atoms with Gasteiger partial charge < -0.3 is 15.2 Å². The van der Waals surface area contributed by atoms with Crippen molar-refractivity contribution < 1.29 is 4.79 Å². The highest BCUT2D eigenvalue weighted by molar-refractivity contribution is 5.92. The average Bonchev–Trinajstić information content (AvgIpc) is 2.62. The molecule has 1 saturated heterocycles. The summed E-state index contributed by atoms with van der Waals surface area (Å²) in [5.41, 5.74) is -0.213. The molecular formula is C17H21N5O3. The molecule has 2 aromatic heterocycles. The number of carbonyl (C=O) groups excluding carboxylic acids is 1. The Labute approximate surface area is 144 Å². The number of H-pyrrole nitrogens is 1. The van der Waals surface area contributed by atoms with Gasteiger partial charge in [0, 0.05) is 38.3 Å². The van der Waals surface area contributed by atoms with Crippen LogP contribution >= 0.6 is 0 Å². The molecule has 1 aliphatic rings. The van der Waals surface area contributed by atoms with Gasteiger partial charge >= 0.3 is 0 Å². The molecule has 3 heterocycles. The molecule has 132 valence electrons. The number of carbonyl (C=O) groups is 1. The van der Waals surface area contributed by atoms with Gasteiger partial charge in [-0.25, -0.2) is 4.68 Å². The molecule has 1 atom stereocenters. The van der Waals surface area contributed by atoms with Crippen molar-refractivity contribution in [3.63, 3.8) is 0 Å². The van der Waals surface area contributed by atoms with Crippen LogP contribution in [-0.4, -0.2) is 39.8 Å². The number of aromatic amines is 1. The van der Waals surface area contributed by atoms with E-state index >= 15 is 0 Å². The number of aromatic nitrogens is 3. The number of nitrogens with one attached hydrogen (secondary N) is 2. The van der Waals surface area contributed by atoms with Gasteiger partial charge in [-0.05, 0) is 31.4 Å². The van der Waals surface area contributed by atoms with E-state index in [-0.39, 0.29) is 28.8 Å². The molecule has 8 heteroatoms. The maximum atomic E-state index is 12.2. The van der Waals surface area contributed by atoms with Crippen LogP contribution in [0.5, 0.6) is 0 Å². The summed E-state index contributed by atoms with van der Waals surface area (Å²) in [7, 11) is 1.62. The lowest BCUT2D eigenvalue weighted by Crippen LogP contribution is -2.47. The molecule has 3 rings (SSSR count). The van der Waals surface area contributed by atoms with Crippen LogP contribution in [0.25, 0.3) is 0 Å². The van der Waals surface area contributed by atoms with Crippen molar-refractivity contribution >= 4 is 11.7 Å². The zero-order chi connectivity index (χ0) is 17.8. The van der Waals surface area contributed by atoms with E-state index in [9.17, 15) is 14.4 Å². The average molecular weight is 343 g/mol. The van der Waals surface area contributed by atoms with Gasteiger partial charge in [0.05, 0.1) is 0 Å². The smallest absolute Gasteiger partial charge is 0.267 e.